The van der Waals surface area contributed by atoms with E-state index in [0.717, 1.165) is 0 Å². The van der Waals surface area contributed by atoms with Gasteiger partial charge in [-0.25, -0.2) is 17.9 Å². The Morgan fingerprint density at radius 1 is 1.20 bits per heavy atom. The van der Waals surface area contributed by atoms with Gasteiger partial charge in [0.15, 0.2) is 0 Å². The number of alkyl halides is 3. The van der Waals surface area contributed by atoms with Crippen LogP contribution in [0.4, 0.5) is 23.9 Å². The number of rotatable bonds is 6. The van der Waals surface area contributed by atoms with Crippen molar-refractivity contribution >= 4 is 33.7 Å². The number of carboxylic acids is 1. The molecule has 164 valence electrons. The minimum absolute atomic E-state index is 0.0498. The maximum absolute atomic E-state index is 12.7. The number of carbonyl (C=O) groups is 2. The average molecular weight is 453 g/mol. The first-order valence-corrected chi connectivity index (χ1v) is 9.17. The molecule has 0 aliphatic carbocycles. The Bertz CT molecular complexity index is 1000. The van der Waals surface area contributed by atoms with E-state index in [1.54, 1.807) is 0 Å². The Labute approximate surface area is 166 Å². The maximum atomic E-state index is 12.7. The molecule has 0 bridgehead atoms. The van der Waals surface area contributed by atoms with E-state index in [4.69, 9.17) is 9.47 Å². The zero-order valence-corrected chi connectivity index (χ0v) is 16.0. The summed E-state index contributed by atoms with van der Waals surface area (Å²) in [6, 6.07) is -0.229. The summed E-state index contributed by atoms with van der Waals surface area (Å²) in [5.74, 6) is -2.60. The Balaban J connectivity index is 2.26. The number of aliphatic imine (C=N–C) groups is 1. The van der Waals surface area contributed by atoms with Gasteiger partial charge in [-0.3, -0.25) is 15.1 Å². The van der Waals surface area contributed by atoms with Gasteiger partial charge in [0.05, 0.1) is 26.8 Å². The fourth-order valence-electron chi connectivity index (χ4n) is 2.14. The van der Waals surface area contributed by atoms with Gasteiger partial charge in [0, 0.05) is 0 Å². The lowest BCUT2D eigenvalue weighted by molar-refractivity contribution is -0.138. The largest absolute Gasteiger partial charge is 0.481 e. The molecule has 3 N–H and O–H groups in total. The summed E-state index contributed by atoms with van der Waals surface area (Å²) in [6.07, 6.45) is -4.39. The van der Waals surface area contributed by atoms with E-state index in [9.17, 15) is 36.3 Å². The number of carboxylic acid groups (broad SMARTS) is 1. The van der Waals surface area contributed by atoms with Crippen molar-refractivity contribution in [2.75, 3.05) is 26.1 Å². The van der Waals surface area contributed by atoms with Gasteiger partial charge in [0.1, 0.15) is 5.71 Å². The van der Waals surface area contributed by atoms with Crippen LogP contribution in [0.5, 0.6) is 11.8 Å². The highest BCUT2D eigenvalue weighted by Gasteiger charge is 2.53. The predicted octanol–water partition coefficient (Wildman–Crippen LogP) is 0.342. The molecule has 1 aromatic heterocycles. The van der Waals surface area contributed by atoms with E-state index in [0.29, 0.717) is 6.08 Å². The quantitative estimate of drug-likeness (QED) is 0.550. The molecule has 1 unspecified atom stereocenters. The molecule has 30 heavy (non-hydrogen) atoms. The van der Waals surface area contributed by atoms with Gasteiger partial charge in [0.25, 0.3) is 10.0 Å². The van der Waals surface area contributed by atoms with Crippen LogP contribution in [-0.4, -0.2) is 72.9 Å². The van der Waals surface area contributed by atoms with E-state index in [1.165, 1.54) is 25.0 Å². The van der Waals surface area contributed by atoms with Crippen LogP contribution in [0.1, 0.15) is 0 Å². The lowest BCUT2D eigenvalue weighted by Gasteiger charge is -2.27. The standard InChI is InChI=1S/C14H14F3N5O7S/c1-28-8-5-9(29-2)20-11(19-8)21-12(25)22-30(26,27)13(10(23)24)4-3-7(18-6-13)14(15,16)17/h3-5H,6H2,1-2H3,(H,23,24)(H2,19,20,21,22,25). The van der Waals surface area contributed by atoms with Gasteiger partial charge in [-0.15, -0.1) is 0 Å². The zero-order chi connectivity index (χ0) is 22.7. The summed E-state index contributed by atoms with van der Waals surface area (Å²) >= 11 is 0. The second kappa shape index (κ2) is 8.13. The number of halogens is 3. The summed E-state index contributed by atoms with van der Waals surface area (Å²) in [5.41, 5.74) is -1.46. The van der Waals surface area contributed by atoms with Crippen LogP contribution in [0, 0.1) is 0 Å². The molecule has 0 saturated heterocycles. The monoisotopic (exact) mass is 453 g/mol. The molecule has 2 heterocycles. The molecule has 12 nitrogen and oxygen atoms in total. The van der Waals surface area contributed by atoms with Gasteiger partial charge in [-0.2, -0.15) is 23.1 Å². The van der Waals surface area contributed by atoms with Crippen molar-refractivity contribution in [2.45, 2.75) is 10.9 Å². The molecule has 0 spiro atoms. The smallest absolute Gasteiger partial charge is 0.432 e. The lowest BCUT2D eigenvalue weighted by Crippen LogP contribution is -2.56. The van der Waals surface area contributed by atoms with E-state index in [1.807, 2.05) is 5.32 Å². The van der Waals surface area contributed by atoms with Gasteiger partial charge < -0.3 is 14.6 Å². The van der Waals surface area contributed by atoms with Gasteiger partial charge in [-0.1, -0.05) is 0 Å². The van der Waals surface area contributed by atoms with E-state index >= 15 is 0 Å². The molecule has 1 aliphatic heterocycles. The first-order valence-electron chi connectivity index (χ1n) is 7.69. The zero-order valence-electron chi connectivity index (χ0n) is 15.2. The Morgan fingerprint density at radius 2 is 1.77 bits per heavy atom. The number of sulfonamides is 1. The molecular formula is C14H14F3N5O7S. The van der Waals surface area contributed by atoms with Crippen molar-refractivity contribution in [3.63, 3.8) is 0 Å². The third-order valence-electron chi connectivity index (χ3n) is 3.68. The third-order valence-corrected chi connectivity index (χ3v) is 5.53. The molecule has 2 amide bonds. The number of anilines is 1. The van der Waals surface area contributed by atoms with Gasteiger partial charge in [-0.05, 0) is 12.2 Å². The molecule has 1 atom stereocenters. The van der Waals surface area contributed by atoms with Crippen LogP contribution >= 0.6 is 0 Å². The molecule has 0 aromatic carbocycles. The number of methoxy groups -OCH3 is 2. The van der Waals surface area contributed by atoms with Crippen LogP contribution in [0.2, 0.25) is 0 Å². The second-order valence-corrected chi connectivity index (χ2v) is 7.50. The minimum atomic E-state index is -5.10. The number of hydrogen-bond acceptors (Lipinski definition) is 9. The number of ether oxygens (including phenoxy) is 2. The van der Waals surface area contributed by atoms with Gasteiger partial charge in [0.2, 0.25) is 22.5 Å². The summed E-state index contributed by atoms with van der Waals surface area (Å²) in [4.78, 5) is 34.1. The highest BCUT2D eigenvalue weighted by atomic mass is 32.2. The molecule has 16 heteroatoms. The Kier molecular flexibility index (Phi) is 6.19. The summed E-state index contributed by atoms with van der Waals surface area (Å²) < 4.78 is 71.2. The fourth-order valence-corrected chi connectivity index (χ4v) is 3.33. The molecule has 0 radical (unpaired) electrons. The van der Waals surface area contributed by atoms with E-state index in [2.05, 4.69) is 15.0 Å². The van der Waals surface area contributed by atoms with Crippen LogP contribution in [0.3, 0.4) is 0 Å². The number of aromatic nitrogens is 2. The first-order chi connectivity index (χ1) is 13.8. The predicted molar refractivity (Wildman–Crippen MR) is 94.1 cm³/mol. The lowest BCUT2D eigenvalue weighted by atomic mass is 10.0. The van der Waals surface area contributed by atoms with Crippen molar-refractivity contribution in [2.24, 2.45) is 4.99 Å². The molecule has 1 aliphatic rings. The molecule has 2 rings (SSSR count). The highest BCUT2D eigenvalue weighted by Crippen LogP contribution is 2.28. The van der Waals surface area contributed by atoms with Crippen LogP contribution in [-0.2, 0) is 14.8 Å². The van der Waals surface area contributed by atoms with Crippen molar-refractivity contribution in [3.8, 4) is 11.8 Å². The molecule has 1 aromatic rings. The topological polar surface area (TPSA) is 169 Å². The van der Waals surface area contributed by atoms with Gasteiger partial charge >= 0.3 is 18.2 Å². The third kappa shape index (κ3) is 4.58. The van der Waals surface area contributed by atoms with E-state index in [-0.39, 0.29) is 17.8 Å². The fraction of sp³-hybridized carbons (Fsp3) is 0.357. The van der Waals surface area contributed by atoms with Crippen LogP contribution in [0.15, 0.2) is 23.2 Å². The number of allylic oxidation sites excluding steroid dienone is 1. The summed E-state index contributed by atoms with van der Waals surface area (Å²) in [6.45, 7) is -1.31. The molecular weight excluding hydrogens is 439 g/mol. The number of hydrogen-bond donors (Lipinski definition) is 3. The minimum Gasteiger partial charge on any atom is -0.481 e. The molecule has 0 saturated carbocycles. The number of nitrogens with zero attached hydrogens (tertiary/aromatic N) is 3. The number of amides is 2. The van der Waals surface area contributed by atoms with E-state index < -0.39 is 51.2 Å². The number of aliphatic carboxylic acids is 1. The van der Waals surface area contributed by atoms with Crippen molar-refractivity contribution < 1.29 is 45.8 Å². The van der Waals surface area contributed by atoms with Crippen molar-refractivity contribution in [1.29, 1.82) is 0 Å². The average Bonchev–Trinajstić information content (AvgIpc) is 2.66. The Hall–Kier alpha value is -3.43. The summed E-state index contributed by atoms with van der Waals surface area (Å²) in [7, 11) is -2.61. The highest BCUT2D eigenvalue weighted by molar-refractivity contribution is 7.92. The SMILES string of the molecule is COc1cc(OC)nc(NC(=O)NS(=O)(=O)C2(C(=O)O)C=CC(C(F)(F)F)=NC2)n1. The van der Waals surface area contributed by atoms with Crippen molar-refractivity contribution in [3.05, 3.63) is 18.2 Å². The van der Waals surface area contributed by atoms with Crippen molar-refractivity contribution in [1.82, 2.24) is 14.7 Å². The number of nitrogens with one attached hydrogen (secondary N) is 2. The van der Waals surface area contributed by atoms with Crippen LogP contribution in [0.25, 0.3) is 0 Å². The second-order valence-electron chi connectivity index (χ2n) is 5.56. The Morgan fingerprint density at radius 3 is 2.17 bits per heavy atom. The number of urea groups is 1. The molecule has 0 fully saturated rings. The maximum Gasteiger partial charge on any atom is 0.432 e. The van der Waals surface area contributed by atoms with Crippen LogP contribution < -0.4 is 19.5 Å². The normalized spacial score (nSPS) is 18.9. The number of dihydropyridines is 1. The summed E-state index contributed by atoms with van der Waals surface area (Å²) in [5, 5.41) is 11.3. The number of carbonyl (C=O) groups excluding carboxylic acids is 1. The first kappa shape index (κ1) is 22.9.